The number of hydrogen-bond donors (Lipinski definition) is 0. The second kappa shape index (κ2) is 9.85. The molecule has 0 spiro atoms. The van der Waals surface area contributed by atoms with Crippen LogP contribution < -0.4 is 0 Å². The molecule has 122 valence electrons. The average Bonchev–Trinajstić information content (AvgIpc) is 2.40. The van der Waals surface area contributed by atoms with Gasteiger partial charge in [-0.3, -0.25) is 4.79 Å². The Bertz CT molecular complexity index is 324. The minimum atomic E-state index is -4.47. The molecule has 0 aromatic carbocycles. The van der Waals surface area contributed by atoms with Gasteiger partial charge >= 0.3 is 12.1 Å². The Morgan fingerprint density at radius 3 is 2.14 bits per heavy atom. The quantitative estimate of drug-likeness (QED) is 0.447. The molecule has 2 nitrogen and oxygen atoms in total. The molecule has 0 saturated heterocycles. The summed E-state index contributed by atoms with van der Waals surface area (Å²) in [4.78, 5) is 11.5. The van der Waals surface area contributed by atoms with Gasteiger partial charge in [-0.1, -0.05) is 37.8 Å². The highest BCUT2D eigenvalue weighted by molar-refractivity contribution is 5.69. The van der Waals surface area contributed by atoms with E-state index in [1.54, 1.807) is 0 Å². The number of alkyl halides is 3. The number of allylic oxidation sites excluding steroid dienone is 2. The predicted octanol–water partition coefficient (Wildman–Crippen LogP) is 5.32. The lowest BCUT2D eigenvalue weighted by molar-refractivity contribution is -0.222. The lowest BCUT2D eigenvalue weighted by Gasteiger charge is -2.20. The zero-order valence-corrected chi connectivity index (χ0v) is 12.5. The molecule has 21 heavy (non-hydrogen) atoms. The summed E-state index contributed by atoms with van der Waals surface area (Å²) in [6.45, 7) is 0. The van der Waals surface area contributed by atoms with Gasteiger partial charge in [0.2, 0.25) is 0 Å². The molecular formula is C16H25F3O2. The van der Waals surface area contributed by atoms with E-state index in [-0.39, 0.29) is 12.8 Å². The van der Waals surface area contributed by atoms with Crippen LogP contribution in [-0.4, -0.2) is 18.2 Å². The van der Waals surface area contributed by atoms with E-state index in [0.717, 1.165) is 32.1 Å². The van der Waals surface area contributed by atoms with Gasteiger partial charge in [0.25, 0.3) is 0 Å². The third-order valence-electron chi connectivity index (χ3n) is 3.64. The van der Waals surface area contributed by atoms with Crippen LogP contribution in [0.3, 0.4) is 0 Å². The van der Waals surface area contributed by atoms with Gasteiger partial charge in [0.1, 0.15) is 0 Å². The molecule has 0 aliphatic carbocycles. The zero-order valence-electron chi connectivity index (χ0n) is 12.5. The van der Waals surface area contributed by atoms with E-state index in [2.05, 4.69) is 4.74 Å². The highest BCUT2D eigenvalue weighted by Crippen LogP contribution is 2.27. The fraction of sp³-hybridized carbons (Fsp3) is 0.812. The van der Waals surface area contributed by atoms with E-state index in [9.17, 15) is 18.0 Å². The van der Waals surface area contributed by atoms with Crippen molar-refractivity contribution in [3.63, 3.8) is 0 Å². The average molecular weight is 306 g/mol. The van der Waals surface area contributed by atoms with Crippen LogP contribution in [0.1, 0.15) is 70.6 Å². The molecule has 1 aliphatic heterocycles. The first-order valence-electron chi connectivity index (χ1n) is 7.91. The molecule has 0 fully saturated rings. The molecule has 0 radical (unpaired) electrons. The number of esters is 1. The van der Waals surface area contributed by atoms with E-state index in [1.807, 2.05) is 12.2 Å². The zero-order chi connectivity index (χ0) is 15.6. The van der Waals surface area contributed by atoms with E-state index in [1.165, 1.54) is 6.42 Å². The van der Waals surface area contributed by atoms with Crippen molar-refractivity contribution in [1.29, 1.82) is 0 Å². The summed E-state index contributed by atoms with van der Waals surface area (Å²) < 4.78 is 43.1. The van der Waals surface area contributed by atoms with Crippen molar-refractivity contribution in [2.75, 3.05) is 0 Å². The standard InChI is InChI=1S/C16H25F3O2/c17-16(18,19)14-12-10-8-6-4-2-1-3-5-7-9-11-13-15(20)21-14/h4,6,14H,1-3,5,7-13H2/b6-4-. The van der Waals surface area contributed by atoms with Crippen LogP contribution in [0.4, 0.5) is 13.2 Å². The molecular weight excluding hydrogens is 281 g/mol. The Morgan fingerprint density at radius 2 is 1.48 bits per heavy atom. The van der Waals surface area contributed by atoms with Crippen LogP contribution in [0.15, 0.2) is 12.2 Å². The fourth-order valence-corrected chi connectivity index (χ4v) is 2.40. The van der Waals surface area contributed by atoms with E-state index < -0.39 is 18.2 Å². The number of halogens is 3. The maximum atomic E-state index is 12.8. The van der Waals surface area contributed by atoms with Gasteiger partial charge in [-0.15, -0.1) is 0 Å². The summed E-state index contributed by atoms with van der Waals surface area (Å²) in [6.07, 6.45) is 5.41. The van der Waals surface area contributed by atoms with Gasteiger partial charge in [-0.2, -0.15) is 13.2 Å². The topological polar surface area (TPSA) is 26.3 Å². The van der Waals surface area contributed by atoms with Crippen molar-refractivity contribution >= 4 is 5.97 Å². The second-order valence-electron chi connectivity index (χ2n) is 5.58. The Kier molecular flexibility index (Phi) is 8.47. The van der Waals surface area contributed by atoms with Gasteiger partial charge in [0.05, 0.1) is 0 Å². The third-order valence-corrected chi connectivity index (χ3v) is 3.64. The molecule has 1 heterocycles. The van der Waals surface area contributed by atoms with Crippen molar-refractivity contribution < 1.29 is 22.7 Å². The molecule has 1 atom stereocenters. The molecule has 5 heteroatoms. The van der Waals surface area contributed by atoms with E-state index >= 15 is 0 Å². The number of carbonyl (C=O) groups is 1. The van der Waals surface area contributed by atoms with Gasteiger partial charge < -0.3 is 4.74 Å². The third kappa shape index (κ3) is 8.79. The lowest BCUT2D eigenvalue weighted by atomic mass is 10.1. The Balaban J connectivity index is 2.52. The second-order valence-corrected chi connectivity index (χ2v) is 5.58. The van der Waals surface area contributed by atoms with Crippen LogP contribution in [0, 0.1) is 0 Å². The molecule has 1 aliphatic rings. The molecule has 1 rings (SSSR count). The van der Waals surface area contributed by atoms with Gasteiger partial charge in [-0.05, 0) is 38.5 Å². The van der Waals surface area contributed by atoms with Crippen molar-refractivity contribution in [3.8, 4) is 0 Å². The van der Waals surface area contributed by atoms with Crippen molar-refractivity contribution in [3.05, 3.63) is 12.2 Å². The number of carbonyl (C=O) groups excluding carboxylic acids is 1. The smallest absolute Gasteiger partial charge is 0.425 e. The predicted molar refractivity (Wildman–Crippen MR) is 75.9 cm³/mol. The summed E-state index contributed by atoms with van der Waals surface area (Å²) in [5.74, 6) is -0.722. The summed E-state index contributed by atoms with van der Waals surface area (Å²) in [6, 6.07) is 0. The number of cyclic esters (lactones) is 1. The van der Waals surface area contributed by atoms with Crippen LogP contribution in [-0.2, 0) is 9.53 Å². The van der Waals surface area contributed by atoms with Gasteiger partial charge in [0, 0.05) is 6.42 Å². The van der Waals surface area contributed by atoms with Crippen molar-refractivity contribution in [2.24, 2.45) is 0 Å². The first-order valence-corrected chi connectivity index (χ1v) is 7.91. The van der Waals surface area contributed by atoms with Crippen LogP contribution >= 0.6 is 0 Å². The SMILES string of the molecule is O=C1CCCCCCCC/C=C\CCCC(C(F)(F)F)O1. The monoisotopic (exact) mass is 306 g/mol. The molecule has 0 aromatic rings. The maximum absolute atomic E-state index is 12.8. The van der Waals surface area contributed by atoms with Crippen molar-refractivity contribution in [1.82, 2.24) is 0 Å². The lowest BCUT2D eigenvalue weighted by Crippen LogP contribution is -2.33. The van der Waals surface area contributed by atoms with E-state index in [4.69, 9.17) is 0 Å². The highest BCUT2D eigenvalue weighted by Gasteiger charge is 2.42. The first-order chi connectivity index (χ1) is 10.00. The molecule has 1 unspecified atom stereocenters. The Morgan fingerprint density at radius 1 is 0.905 bits per heavy atom. The minimum Gasteiger partial charge on any atom is -0.453 e. The molecule has 0 aromatic heterocycles. The number of hydrogen-bond acceptors (Lipinski definition) is 2. The normalized spacial score (nSPS) is 26.0. The summed E-state index contributed by atoms with van der Waals surface area (Å²) in [5.41, 5.74) is 0. The van der Waals surface area contributed by atoms with E-state index in [0.29, 0.717) is 19.3 Å². The highest BCUT2D eigenvalue weighted by atomic mass is 19.4. The fourth-order valence-electron chi connectivity index (χ4n) is 2.40. The van der Waals surface area contributed by atoms with Crippen LogP contribution in [0.5, 0.6) is 0 Å². The first kappa shape index (κ1) is 18.1. The largest absolute Gasteiger partial charge is 0.453 e. The maximum Gasteiger partial charge on any atom is 0.425 e. The number of ether oxygens (including phenoxy) is 1. The summed E-state index contributed by atoms with van der Waals surface area (Å²) in [7, 11) is 0. The van der Waals surface area contributed by atoms with Crippen LogP contribution in [0.2, 0.25) is 0 Å². The van der Waals surface area contributed by atoms with Gasteiger partial charge in [0.15, 0.2) is 6.10 Å². The molecule has 0 N–H and O–H groups in total. The van der Waals surface area contributed by atoms with Gasteiger partial charge in [-0.25, -0.2) is 0 Å². The molecule has 0 saturated carbocycles. The van der Waals surface area contributed by atoms with Crippen molar-refractivity contribution in [2.45, 2.75) is 82.9 Å². The minimum absolute atomic E-state index is 0.0898. The summed E-state index contributed by atoms with van der Waals surface area (Å²) in [5, 5.41) is 0. The molecule has 0 bridgehead atoms. The Labute approximate surface area is 124 Å². The summed E-state index contributed by atoms with van der Waals surface area (Å²) >= 11 is 0. The molecule has 0 amide bonds. The Hall–Kier alpha value is -1.00. The van der Waals surface area contributed by atoms with Crippen LogP contribution in [0.25, 0.3) is 0 Å². The number of rotatable bonds is 0.